The summed E-state index contributed by atoms with van der Waals surface area (Å²) in [7, 11) is 0. The maximum Gasteiger partial charge on any atom is 0.264 e. The number of pyridine rings is 1. The fraction of sp³-hybridized carbons (Fsp3) is 0.190. The van der Waals surface area contributed by atoms with Gasteiger partial charge in [0.05, 0.1) is 16.3 Å². The van der Waals surface area contributed by atoms with Crippen LogP contribution in [0.25, 0.3) is 15.9 Å². The van der Waals surface area contributed by atoms with Crippen LogP contribution in [0.15, 0.2) is 54.9 Å². The minimum absolute atomic E-state index is 0.0302. The molecule has 3 aromatic heterocycles. The number of rotatable bonds is 5. The molecule has 4 rings (SSSR count). The Morgan fingerprint density at radius 2 is 1.89 bits per heavy atom. The third-order valence-electron chi connectivity index (χ3n) is 4.62. The number of halogens is 1. The number of hydrogen-bond acceptors (Lipinski definition) is 4. The van der Waals surface area contributed by atoms with Crippen LogP contribution >= 0.6 is 22.9 Å². The standard InChI is InChI=1S/C21H19ClN4OS/c1-3-25(13-15-8-10-23-11-9-15)20(27)19-12-18-14(2)24-26(21(18)28-19)17-6-4-16(22)5-7-17/h4-12H,3,13H2,1-2H3. The maximum atomic E-state index is 13.1. The van der Waals surface area contributed by atoms with Gasteiger partial charge in [0.15, 0.2) is 0 Å². The normalized spacial score (nSPS) is 11.1. The lowest BCUT2D eigenvalue weighted by atomic mass is 10.2. The molecule has 0 aliphatic carbocycles. The molecule has 7 heteroatoms. The van der Waals surface area contributed by atoms with Crippen molar-refractivity contribution in [1.29, 1.82) is 0 Å². The molecule has 1 aromatic carbocycles. The average molecular weight is 411 g/mol. The Morgan fingerprint density at radius 3 is 2.57 bits per heavy atom. The van der Waals surface area contributed by atoms with Crippen molar-refractivity contribution in [1.82, 2.24) is 19.7 Å². The number of benzene rings is 1. The van der Waals surface area contributed by atoms with Crippen molar-refractivity contribution in [3.8, 4) is 5.69 Å². The highest BCUT2D eigenvalue weighted by Gasteiger charge is 2.21. The number of carbonyl (C=O) groups excluding carboxylic acids is 1. The molecule has 5 nitrogen and oxygen atoms in total. The lowest BCUT2D eigenvalue weighted by Gasteiger charge is -2.20. The van der Waals surface area contributed by atoms with Gasteiger partial charge in [0, 0.05) is 35.9 Å². The predicted octanol–water partition coefficient (Wildman–Crippen LogP) is 5.11. The molecule has 0 saturated carbocycles. The van der Waals surface area contributed by atoms with Gasteiger partial charge < -0.3 is 4.90 Å². The molecule has 0 bridgehead atoms. The molecule has 142 valence electrons. The highest BCUT2D eigenvalue weighted by Crippen LogP contribution is 2.31. The first-order valence-electron chi connectivity index (χ1n) is 9.00. The topological polar surface area (TPSA) is 51.0 Å². The van der Waals surface area contributed by atoms with Gasteiger partial charge in [-0.2, -0.15) is 5.10 Å². The van der Waals surface area contributed by atoms with E-state index >= 15 is 0 Å². The van der Waals surface area contributed by atoms with E-state index in [1.165, 1.54) is 11.3 Å². The van der Waals surface area contributed by atoms with Crippen LogP contribution in [-0.2, 0) is 6.54 Å². The summed E-state index contributed by atoms with van der Waals surface area (Å²) in [5, 5.41) is 6.32. The summed E-state index contributed by atoms with van der Waals surface area (Å²) in [6, 6.07) is 13.4. The molecule has 0 fully saturated rings. The Kier molecular flexibility index (Phi) is 5.15. The average Bonchev–Trinajstić information content (AvgIpc) is 3.28. The highest BCUT2D eigenvalue weighted by molar-refractivity contribution is 7.20. The second-order valence-electron chi connectivity index (χ2n) is 6.48. The van der Waals surface area contributed by atoms with Gasteiger partial charge in [0.1, 0.15) is 4.83 Å². The Morgan fingerprint density at radius 1 is 1.18 bits per heavy atom. The third kappa shape index (κ3) is 3.53. The summed E-state index contributed by atoms with van der Waals surface area (Å²) in [5.74, 6) is 0.0302. The maximum absolute atomic E-state index is 13.1. The van der Waals surface area contributed by atoms with Crippen LogP contribution in [0.1, 0.15) is 27.9 Å². The summed E-state index contributed by atoms with van der Waals surface area (Å²) in [4.78, 5) is 20.7. The van der Waals surface area contributed by atoms with E-state index < -0.39 is 0 Å². The molecule has 0 atom stereocenters. The van der Waals surface area contributed by atoms with Gasteiger partial charge in [-0.05, 0) is 61.9 Å². The largest absolute Gasteiger partial charge is 0.334 e. The quantitative estimate of drug-likeness (QED) is 0.459. The molecule has 0 N–H and O–H groups in total. The van der Waals surface area contributed by atoms with Crippen LogP contribution in [0.5, 0.6) is 0 Å². The van der Waals surface area contributed by atoms with E-state index in [4.69, 9.17) is 11.6 Å². The zero-order valence-corrected chi connectivity index (χ0v) is 17.2. The third-order valence-corrected chi connectivity index (χ3v) is 5.97. The van der Waals surface area contributed by atoms with Crippen LogP contribution in [-0.4, -0.2) is 32.1 Å². The molecule has 1 amide bonds. The van der Waals surface area contributed by atoms with Gasteiger partial charge in [0.2, 0.25) is 0 Å². The molecule has 3 heterocycles. The van der Waals surface area contributed by atoms with Crippen LogP contribution in [0.3, 0.4) is 0 Å². The summed E-state index contributed by atoms with van der Waals surface area (Å²) in [5.41, 5.74) is 2.89. The van der Waals surface area contributed by atoms with Crippen LogP contribution in [0, 0.1) is 6.92 Å². The monoisotopic (exact) mass is 410 g/mol. The van der Waals surface area contributed by atoms with Gasteiger partial charge in [-0.25, -0.2) is 4.68 Å². The van der Waals surface area contributed by atoms with Crippen molar-refractivity contribution in [3.05, 3.63) is 76.0 Å². The number of nitrogens with zero attached hydrogens (tertiary/aromatic N) is 4. The Hall–Kier alpha value is -2.70. The number of aromatic nitrogens is 3. The summed E-state index contributed by atoms with van der Waals surface area (Å²) in [6.07, 6.45) is 3.49. The van der Waals surface area contributed by atoms with Crippen LogP contribution < -0.4 is 0 Å². The molecular weight excluding hydrogens is 392 g/mol. The molecule has 28 heavy (non-hydrogen) atoms. The first-order valence-corrected chi connectivity index (χ1v) is 10.2. The second-order valence-corrected chi connectivity index (χ2v) is 7.94. The van der Waals surface area contributed by atoms with Gasteiger partial charge in [-0.3, -0.25) is 9.78 Å². The van der Waals surface area contributed by atoms with Gasteiger partial charge >= 0.3 is 0 Å². The smallest absolute Gasteiger partial charge is 0.264 e. The minimum atomic E-state index is 0.0302. The lowest BCUT2D eigenvalue weighted by Crippen LogP contribution is -2.29. The fourth-order valence-corrected chi connectivity index (χ4v) is 4.38. The van der Waals surface area contributed by atoms with E-state index in [0.29, 0.717) is 23.0 Å². The number of thiophene rings is 1. The van der Waals surface area contributed by atoms with Crippen molar-refractivity contribution in [2.75, 3.05) is 6.54 Å². The molecular formula is C21H19ClN4OS. The summed E-state index contributed by atoms with van der Waals surface area (Å²) < 4.78 is 1.88. The minimum Gasteiger partial charge on any atom is -0.334 e. The van der Waals surface area contributed by atoms with Gasteiger partial charge in [-0.15, -0.1) is 11.3 Å². The molecule has 0 radical (unpaired) electrons. The van der Waals surface area contributed by atoms with E-state index in [1.807, 2.05) is 65.9 Å². The lowest BCUT2D eigenvalue weighted by molar-refractivity contribution is 0.0757. The Bertz CT molecular complexity index is 1120. The molecule has 0 saturated heterocycles. The van der Waals surface area contributed by atoms with E-state index in [9.17, 15) is 4.79 Å². The van der Waals surface area contributed by atoms with Crippen molar-refractivity contribution in [3.63, 3.8) is 0 Å². The predicted molar refractivity (Wildman–Crippen MR) is 113 cm³/mol. The number of amides is 1. The second kappa shape index (κ2) is 7.73. The van der Waals surface area contributed by atoms with E-state index in [2.05, 4.69) is 10.1 Å². The van der Waals surface area contributed by atoms with Crippen molar-refractivity contribution in [2.24, 2.45) is 0 Å². The first kappa shape index (κ1) is 18.7. The Balaban J connectivity index is 1.68. The van der Waals surface area contributed by atoms with E-state index in [1.54, 1.807) is 12.4 Å². The van der Waals surface area contributed by atoms with E-state index in [0.717, 1.165) is 27.2 Å². The number of hydrogen-bond donors (Lipinski definition) is 0. The van der Waals surface area contributed by atoms with Crippen molar-refractivity contribution < 1.29 is 4.79 Å². The zero-order chi connectivity index (χ0) is 19.7. The fourth-order valence-electron chi connectivity index (χ4n) is 3.10. The summed E-state index contributed by atoms with van der Waals surface area (Å²) in [6.45, 7) is 5.16. The number of carbonyl (C=O) groups is 1. The number of aryl methyl sites for hydroxylation is 1. The Labute approximate surface area is 172 Å². The van der Waals surface area contributed by atoms with Gasteiger partial charge in [0.25, 0.3) is 5.91 Å². The zero-order valence-electron chi connectivity index (χ0n) is 15.6. The first-order chi connectivity index (χ1) is 13.6. The van der Waals surface area contributed by atoms with Crippen LogP contribution in [0.2, 0.25) is 5.02 Å². The molecule has 0 aliphatic heterocycles. The summed E-state index contributed by atoms with van der Waals surface area (Å²) >= 11 is 7.47. The molecule has 4 aromatic rings. The van der Waals surface area contributed by atoms with Crippen molar-refractivity contribution in [2.45, 2.75) is 20.4 Å². The molecule has 0 spiro atoms. The number of fused-ring (bicyclic) bond motifs is 1. The van der Waals surface area contributed by atoms with Gasteiger partial charge in [-0.1, -0.05) is 11.6 Å². The van der Waals surface area contributed by atoms with E-state index in [-0.39, 0.29) is 5.91 Å². The van der Waals surface area contributed by atoms with Crippen molar-refractivity contribution >= 4 is 39.1 Å². The van der Waals surface area contributed by atoms with Crippen LogP contribution in [0.4, 0.5) is 0 Å². The SMILES string of the molecule is CCN(Cc1ccncc1)C(=O)c1cc2c(C)nn(-c3ccc(Cl)cc3)c2s1. The highest BCUT2D eigenvalue weighted by atomic mass is 35.5. The molecule has 0 aliphatic rings. The molecule has 0 unspecified atom stereocenters.